The van der Waals surface area contributed by atoms with Gasteiger partial charge < -0.3 is 0 Å². The van der Waals surface area contributed by atoms with Gasteiger partial charge in [-0.25, -0.2) is 0 Å². The van der Waals surface area contributed by atoms with Crippen molar-refractivity contribution in [2.75, 3.05) is 0 Å². The Labute approximate surface area is 98.9 Å². The normalized spacial score (nSPS) is 10.5. The average molecular weight is 230 g/mol. The summed E-state index contributed by atoms with van der Waals surface area (Å²) in [7, 11) is -1.34. The van der Waals surface area contributed by atoms with Gasteiger partial charge in [0.15, 0.2) is 5.78 Å². The van der Waals surface area contributed by atoms with Crippen molar-refractivity contribution in [3.05, 3.63) is 35.4 Å². The number of carbonyl (C=O) groups is 1. The molecule has 0 saturated carbocycles. The second-order valence-electron chi connectivity index (χ2n) is 4.86. The molecule has 1 aromatic rings. The van der Waals surface area contributed by atoms with Crippen LogP contribution < -0.4 is 0 Å². The van der Waals surface area contributed by atoms with Gasteiger partial charge >= 0.3 is 0 Å². The molecule has 0 atom stereocenters. The SMILES string of the molecule is CCC(=O)c1cccc(C#C[Si](C)(C)C)c1. The van der Waals surface area contributed by atoms with E-state index in [0.29, 0.717) is 6.42 Å². The maximum atomic E-state index is 11.5. The molecule has 16 heavy (non-hydrogen) atoms. The fourth-order valence-corrected chi connectivity index (χ4v) is 1.75. The van der Waals surface area contributed by atoms with Gasteiger partial charge in [0, 0.05) is 17.5 Å². The fourth-order valence-electron chi connectivity index (χ4n) is 1.23. The highest BCUT2D eigenvalue weighted by Crippen LogP contribution is 2.07. The minimum atomic E-state index is -1.34. The first-order chi connectivity index (χ1) is 7.42. The monoisotopic (exact) mass is 230 g/mol. The maximum absolute atomic E-state index is 11.5. The number of hydrogen-bond donors (Lipinski definition) is 0. The summed E-state index contributed by atoms with van der Waals surface area (Å²) in [6.45, 7) is 8.51. The van der Waals surface area contributed by atoms with Crippen molar-refractivity contribution in [2.24, 2.45) is 0 Å². The van der Waals surface area contributed by atoms with Gasteiger partial charge in [0.05, 0.1) is 0 Å². The minimum absolute atomic E-state index is 0.177. The van der Waals surface area contributed by atoms with Crippen LogP contribution in [0.4, 0.5) is 0 Å². The van der Waals surface area contributed by atoms with Gasteiger partial charge in [-0.2, -0.15) is 0 Å². The van der Waals surface area contributed by atoms with Crippen LogP contribution in [-0.2, 0) is 0 Å². The zero-order valence-corrected chi connectivity index (χ0v) is 11.4. The first-order valence-corrected chi connectivity index (χ1v) is 9.09. The summed E-state index contributed by atoms with van der Waals surface area (Å²) < 4.78 is 0. The molecular weight excluding hydrogens is 212 g/mol. The molecule has 0 radical (unpaired) electrons. The van der Waals surface area contributed by atoms with Crippen molar-refractivity contribution in [1.82, 2.24) is 0 Å². The van der Waals surface area contributed by atoms with Crippen LogP contribution in [0.2, 0.25) is 19.6 Å². The number of Topliss-reactive ketones (excluding diaryl/α,β-unsaturated/α-hetero) is 1. The van der Waals surface area contributed by atoms with Crippen LogP contribution in [0.1, 0.15) is 29.3 Å². The van der Waals surface area contributed by atoms with E-state index in [1.807, 2.05) is 31.2 Å². The van der Waals surface area contributed by atoms with Gasteiger partial charge in [0.2, 0.25) is 0 Å². The number of benzene rings is 1. The van der Waals surface area contributed by atoms with E-state index in [4.69, 9.17) is 0 Å². The summed E-state index contributed by atoms with van der Waals surface area (Å²) in [5.41, 5.74) is 5.01. The fraction of sp³-hybridized carbons (Fsp3) is 0.357. The lowest BCUT2D eigenvalue weighted by molar-refractivity contribution is 0.0988. The molecule has 0 aliphatic carbocycles. The lowest BCUT2D eigenvalue weighted by atomic mass is 10.1. The third kappa shape index (κ3) is 4.04. The molecule has 1 rings (SSSR count). The van der Waals surface area contributed by atoms with E-state index in [-0.39, 0.29) is 5.78 Å². The lowest BCUT2D eigenvalue weighted by Crippen LogP contribution is -2.16. The number of rotatable bonds is 2. The first-order valence-electron chi connectivity index (χ1n) is 5.59. The molecule has 0 saturated heterocycles. The number of ketones is 1. The van der Waals surface area contributed by atoms with Crippen LogP contribution in [0.25, 0.3) is 0 Å². The Kier molecular flexibility index (Phi) is 4.09. The van der Waals surface area contributed by atoms with Crippen molar-refractivity contribution < 1.29 is 4.79 Å². The molecular formula is C14H18OSi. The number of hydrogen-bond acceptors (Lipinski definition) is 1. The molecule has 2 heteroatoms. The Morgan fingerprint density at radius 1 is 1.31 bits per heavy atom. The van der Waals surface area contributed by atoms with Gasteiger partial charge in [0.1, 0.15) is 8.07 Å². The van der Waals surface area contributed by atoms with E-state index in [1.54, 1.807) is 0 Å². The highest BCUT2D eigenvalue weighted by molar-refractivity contribution is 6.83. The highest BCUT2D eigenvalue weighted by Gasteiger charge is 2.07. The molecule has 1 aromatic carbocycles. The van der Waals surface area contributed by atoms with Crippen LogP contribution in [-0.4, -0.2) is 13.9 Å². The molecule has 84 valence electrons. The Hall–Kier alpha value is -1.33. The Morgan fingerprint density at radius 3 is 2.56 bits per heavy atom. The van der Waals surface area contributed by atoms with Gasteiger partial charge in [-0.05, 0) is 12.1 Å². The van der Waals surface area contributed by atoms with Crippen molar-refractivity contribution in [3.63, 3.8) is 0 Å². The van der Waals surface area contributed by atoms with E-state index in [2.05, 4.69) is 31.1 Å². The Morgan fingerprint density at radius 2 is 2.00 bits per heavy atom. The molecule has 0 bridgehead atoms. The second-order valence-corrected chi connectivity index (χ2v) is 9.61. The summed E-state index contributed by atoms with van der Waals surface area (Å²) in [5.74, 6) is 3.34. The van der Waals surface area contributed by atoms with Crippen molar-refractivity contribution >= 4 is 13.9 Å². The van der Waals surface area contributed by atoms with E-state index < -0.39 is 8.07 Å². The highest BCUT2D eigenvalue weighted by atomic mass is 28.3. The van der Waals surface area contributed by atoms with Crippen molar-refractivity contribution in [2.45, 2.75) is 33.0 Å². The summed E-state index contributed by atoms with van der Waals surface area (Å²) >= 11 is 0. The molecule has 0 heterocycles. The van der Waals surface area contributed by atoms with Crippen LogP contribution in [0.15, 0.2) is 24.3 Å². The first kappa shape index (κ1) is 12.7. The largest absolute Gasteiger partial charge is 0.294 e. The summed E-state index contributed by atoms with van der Waals surface area (Å²) in [6.07, 6.45) is 0.547. The van der Waals surface area contributed by atoms with Crippen LogP contribution in [0, 0.1) is 11.5 Å². The molecule has 1 nitrogen and oxygen atoms in total. The molecule has 0 aliphatic rings. The zero-order chi connectivity index (χ0) is 12.2. The second kappa shape index (κ2) is 5.13. The smallest absolute Gasteiger partial charge is 0.162 e. The Bertz CT molecular complexity index is 444. The standard InChI is InChI=1S/C14H18OSi/c1-5-14(15)13-8-6-7-12(11-13)9-10-16(2,3)4/h6-8,11H,5H2,1-4H3. The molecule has 0 spiro atoms. The molecule has 0 N–H and O–H groups in total. The maximum Gasteiger partial charge on any atom is 0.162 e. The quantitative estimate of drug-likeness (QED) is 0.432. The summed E-state index contributed by atoms with van der Waals surface area (Å²) in [4.78, 5) is 11.5. The lowest BCUT2D eigenvalue weighted by Gasteiger charge is -2.03. The molecule has 0 aromatic heterocycles. The predicted octanol–water partition coefficient (Wildman–Crippen LogP) is 3.51. The van der Waals surface area contributed by atoms with Gasteiger partial charge in [-0.3, -0.25) is 4.79 Å². The Balaban J connectivity index is 2.99. The number of carbonyl (C=O) groups excluding carboxylic acids is 1. The zero-order valence-electron chi connectivity index (χ0n) is 10.4. The van der Waals surface area contributed by atoms with E-state index in [9.17, 15) is 4.79 Å². The third-order valence-corrected chi connectivity index (χ3v) is 2.96. The predicted molar refractivity (Wildman–Crippen MR) is 71.3 cm³/mol. The summed E-state index contributed by atoms with van der Waals surface area (Å²) in [5, 5.41) is 0. The van der Waals surface area contributed by atoms with Gasteiger partial charge in [0.25, 0.3) is 0 Å². The average Bonchev–Trinajstić information content (AvgIpc) is 2.25. The third-order valence-electron chi connectivity index (χ3n) is 2.09. The molecule has 0 amide bonds. The molecule has 0 fully saturated rings. The van der Waals surface area contributed by atoms with E-state index in [1.165, 1.54) is 0 Å². The topological polar surface area (TPSA) is 17.1 Å². The van der Waals surface area contributed by atoms with Gasteiger partial charge in [-0.1, -0.05) is 44.6 Å². The van der Waals surface area contributed by atoms with Crippen LogP contribution in [0.5, 0.6) is 0 Å². The molecule has 0 aliphatic heterocycles. The van der Waals surface area contributed by atoms with Crippen LogP contribution in [0.3, 0.4) is 0 Å². The van der Waals surface area contributed by atoms with E-state index >= 15 is 0 Å². The molecule has 0 unspecified atom stereocenters. The van der Waals surface area contributed by atoms with Crippen molar-refractivity contribution in [3.8, 4) is 11.5 Å². The van der Waals surface area contributed by atoms with E-state index in [0.717, 1.165) is 11.1 Å². The van der Waals surface area contributed by atoms with Gasteiger partial charge in [-0.15, -0.1) is 5.54 Å². The van der Waals surface area contributed by atoms with Crippen molar-refractivity contribution in [1.29, 1.82) is 0 Å². The van der Waals surface area contributed by atoms with Crippen LogP contribution >= 0.6 is 0 Å². The minimum Gasteiger partial charge on any atom is -0.294 e. The summed E-state index contributed by atoms with van der Waals surface area (Å²) in [6, 6.07) is 7.60.